The first-order chi connectivity index (χ1) is 4.18. The average Bonchev–Trinajstić information content (AvgIpc) is 1.67. The molecule has 0 aromatic rings. The molecule has 0 atom stereocenters. The summed E-state index contributed by atoms with van der Waals surface area (Å²) in [5.41, 5.74) is 4.76. The summed E-state index contributed by atoms with van der Waals surface area (Å²) >= 11 is 5.00. The maximum Gasteiger partial charge on any atom is 0.217 e. The monoisotopic (exact) mass is 151 g/mol. The van der Waals surface area contributed by atoms with Crippen LogP contribution >= 0.6 is 11.6 Å². The van der Waals surface area contributed by atoms with Crippen LogP contribution in [0.1, 0.15) is 26.7 Å². The fourth-order valence-electron chi connectivity index (χ4n) is 0.246. The van der Waals surface area contributed by atoms with Gasteiger partial charge in [0.05, 0.1) is 0 Å². The number of halogens is 1. The highest BCUT2D eigenvalue weighted by Crippen LogP contribution is 1.79. The first kappa shape index (κ1) is 11.5. The summed E-state index contributed by atoms with van der Waals surface area (Å²) in [6.07, 6.45) is 1.37. The lowest BCUT2D eigenvalue weighted by Crippen LogP contribution is -2.08. The maximum atomic E-state index is 9.82. The van der Waals surface area contributed by atoms with Crippen LogP contribution in [-0.2, 0) is 4.79 Å². The van der Waals surface area contributed by atoms with Crippen LogP contribution in [-0.4, -0.2) is 11.8 Å². The van der Waals surface area contributed by atoms with Crippen molar-refractivity contribution in [3.8, 4) is 0 Å². The second-order valence-corrected chi connectivity index (χ2v) is 2.02. The number of rotatable bonds is 2. The third kappa shape index (κ3) is 33.8. The number of carbonyl (C=O) groups is 1. The molecular formula is C6H14ClNO. The molecule has 1 amide bonds. The van der Waals surface area contributed by atoms with Crippen LogP contribution in [0.15, 0.2) is 0 Å². The summed E-state index contributed by atoms with van der Waals surface area (Å²) in [4.78, 5) is 9.82. The van der Waals surface area contributed by atoms with Crippen LogP contribution in [0.2, 0.25) is 0 Å². The van der Waals surface area contributed by atoms with Crippen LogP contribution in [0.5, 0.6) is 0 Å². The van der Waals surface area contributed by atoms with E-state index in [2.05, 4.69) is 0 Å². The maximum absolute atomic E-state index is 9.82. The van der Waals surface area contributed by atoms with Gasteiger partial charge in [0.15, 0.2) is 0 Å². The fourth-order valence-corrected chi connectivity index (χ4v) is 0.246. The van der Waals surface area contributed by atoms with E-state index >= 15 is 0 Å². The van der Waals surface area contributed by atoms with Crippen molar-refractivity contribution in [2.45, 2.75) is 26.7 Å². The summed E-state index contributed by atoms with van der Waals surface area (Å²) < 4.78 is 0. The predicted molar refractivity (Wildman–Crippen MR) is 40.5 cm³/mol. The SMILES string of the molecule is CCCC(N)=O.CCCl. The summed E-state index contributed by atoms with van der Waals surface area (Å²) in [6.45, 7) is 3.81. The van der Waals surface area contributed by atoms with E-state index in [0.29, 0.717) is 6.42 Å². The van der Waals surface area contributed by atoms with Crippen molar-refractivity contribution in [1.29, 1.82) is 0 Å². The lowest BCUT2D eigenvalue weighted by Gasteiger charge is -1.81. The molecule has 0 radical (unpaired) electrons. The van der Waals surface area contributed by atoms with E-state index in [1.807, 2.05) is 13.8 Å². The third-order valence-electron chi connectivity index (χ3n) is 0.496. The summed E-state index contributed by atoms with van der Waals surface area (Å²) in [5, 5.41) is 0. The molecule has 0 unspecified atom stereocenters. The van der Waals surface area contributed by atoms with E-state index < -0.39 is 0 Å². The zero-order chi connectivity index (χ0) is 7.70. The Bertz CT molecular complexity index is 66.1. The Morgan fingerprint density at radius 1 is 1.56 bits per heavy atom. The van der Waals surface area contributed by atoms with Crippen molar-refractivity contribution in [3.63, 3.8) is 0 Å². The van der Waals surface area contributed by atoms with Crippen molar-refractivity contribution >= 4 is 17.5 Å². The number of primary amides is 1. The molecule has 0 aromatic heterocycles. The average molecular weight is 152 g/mol. The molecule has 0 aliphatic heterocycles. The molecule has 9 heavy (non-hydrogen) atoms. The van der Waals surface area contributed by atoms with E-state index in [9.17, 15) is 4.79 Å². The minimum Gasteiger partial charge on any atom is -0.370 e. The van der Waals surface area contributed by atoms with Gasteiger partial charge in [-0.25, -0.2) is 0 Å². The van der Waals surface area contributed by atoms with Crippen LogP contribution in [0.25, 0.3) is 0 Å². The predicted octanol–water partition coefficient (Wildman–Crippen LogP) is 1.52. The van der Waals surface area contributed by atoms with Gasteiger partial charge in [-0.2, -0.15) is 0 Å². The highest BCUT2D eigenvalue weighted by atomic mass is 35.5. The van der Waals surface area contributed by atoms with Crippen LogP contribution in [0.4, 0.5) is 0 Å². The van der Waals surface area contributed by atoms with Gasteiger partial charge < -0.3 is 5.73 Å². The van der Waals surface area contributed by atoms with Crippen molar-refractivity contribution < 1.29 is 4.79 Å². The van der Waals surface area contributed by atoms with E-state index in [0.717, 1.165) is 12.3 Å². The van der Waals surface area contributed by atoms with Gasteiger partial charge in [0.2, 0.25) is 5.91 Å². The van der Waals surface area contributed by atoms with Crippen molar-refractivity contribution in [1.82, 2.24) is 0 Å². The molecular weight excluding hydrogens is 138 g/mol. The Hall–Kier alpha value is -0.240. The highest BCUT2D eigenvalue weighted by molar-refractivity contribution is 6.17. The summed E-state index contributed by atoms with van der Waals surface area (Å²) in [6, 6.07) is 0. The van der Waals surface area contributed by atoms with E-state index in [1.54, 1.807) is 0 Å². The minimum absolute atomic E-state index is 0.211. The number of carbonyl (C=O) groups excluding carboxylic acids is 1. The topological polar surface area (TPSA) is 43.1 Å². The van der Waals surface area contributed by atoms with Gasteiger partial charge in [-0.3, -0.25) is 4.79 Å². The molecule has 0 aromatic carbocycles. The number of hydrogen-bond donors (Lipinski definition) is 1. The molecule has 0 aliphatic rings. The van der Waals surface area contributed by atoms with Crippen LogP contribution < -0.4 is 5.73 Å². The molecule has 2 nitrogen and oxygen atoms in total. The van der Waals surface area contributed by atoms with Gasteiger partial charge in [-0.15, -0.1) is 11.6 Å². The molecule has 0 bridgehead atoms. The molecule has 0 aliphatic carbocycles. The normalized spacial score (nSPS) is 7.44. The third-order valence-corrected chi connectivity index (χ3v) is 0.496. The highest BCUT2D eigenvalue weighted by Gasteiger charge is 1.84. The summed E-state index contributed by atoms with van der Waals surface area (Å²) in [5.74, 6) is 0.512. The van der Waals surface area contributed by atoms with Crippen LogP contribution in [0.3, 0.4) is 0 Å². The zero-order valence-electron chi connectivity index (χ0n) is 5.98. The number of nitrogens with two attached hydrogens (primary N) is 1. The molecule has 3 heteroatoms. The Morgan fingerprint density at radius 3 is 1.89 bits per heavy atom. The molecule has 0 saturated carbocycles. The first-order valence-corrected chi connectivity index (χ1v) is 3.56. The molecule has 0 heterocycles. The lowest BCUT2D eigenvalue weighted by atomic mass is 10.3. The minimum atomic E-state index is -0.211. The van der Waals surface area contributed by atoms with Crippen molar-refractivity contribution in [2.24, 2.45) is 5.73 Å². The number of alkyl halides is 1. The van der Waals surface area contributed by atoms with Gasteiger partial charge >= 0.3 is 0 Å². The standard InChI is InChI=1S/C4H9NO.C2H5Cl/c1-2-3-4(5)6;1-2-3/h2-3H2,1H3,(H2,5,6);2H2,1H3. The Kier molecular flexibility index (Phi) is 13.7. The Labute approximate surface area is 61.4 Å². The Morgan fingerprint density at radius 2 is 1.89 bits per heavy atom. The largest absolute Gasteiger partial charge is 0.370 e. The van der Waals surface area contributed by atoms with Gasteiger partial charge in [-0.1, -0.05) is 13.8 Å². The first-order valence-electron chi connectivity index (χ1n) is 3.03. The van der Waals surface area contributed by atoms with Gasteiger partial charge in [0.25, 0.3) is 0 Å². The number of amides is 1. The molecule has 2 N–H and O–H groups in total. The second kappa shape index (κ2) is 10.7. The van der Waals surface area contributed by atoms with Crippen LogP contribution in [0, 0.1) is 0 Å². The lowest BCUT2D eigenvalue weighted by molar-refractivity contribution is -0.118. The fraction of sp³-hybridized carbons (Fsp3) is 0.833. The molecule has 0 spiro atoms. The zero-order valence-corrected chi connectivity index (χ0v) is 6.74. The summed E-state index contributed by atoms with van der Waals surface area (Å²) in [7, 11) is 0. The molecule has 0 saturated heterocycles. The van der Waals surface area contributed by atoms with E-state index in [-0.39, 0.29) is 5.91 Å². The van der Waals surface area contributed by atoms with Crippen molar-refractivity contribution in [3.05, 3.63) is 0 Å². The molecule has 0 rings (SSSR count). The Balaban J connectivity index is 0. The van der Waals surface area contributed by atoms with E-state index in [1.165, 1.54) is 0 Å². The van der Waals surface area contributed by atoms with Gasteiger partial charge in [0.1, 0.15) is 0 Å². The van der Waals surface area contributed by atoms with Gasteiger partial charge in [-0.05, 0) is 6.42 Å². The smallest absolute Gasteiger partial charge is 0.217 e. The quantitative estimate of drug-likeness (QED) is 0.598. The van der Waals surface area contributed by atoms with E-state index in [4.69, 9.17) is 17.3 Å². The van der Waals surface area contributed by atoms with Crippen molar-refractivity contribution in [2.75, 3.05) is 5.88 Å². The molecule has 0 fully saturated rings. The molecule has 56 valence electrons. The van der Waals surface area contributed by atoms with Gasteiger partial charge in [0, 0.05) is 12.3 Å². The number of hydrogen-bond acceptors (Lipinski definition) is 1. The second-order valence-electron chi connectivity index (χ2n) is 1.48.